The number of benzene rings is 1. The lowest BCUT2D eigenvalue weighted by molar-refractivity contribution is 0.0454. The van der Waals surface area contributed by atoms with Crippen molar-refractivity contribution in [2.75, 3.05) is 27.6 Å². The Morgan fingerprint density at radius 1 is 1.33 bits per heavy atom. The molecule has 2 atom stereocenters. The van der Waals surface area contributed by atoms with E-state index in [2.05, 4.69) is 24.0 Å². The van der Waals surface area contributed by atoms with Crippen LogP contribution in [0.15, 0.2) is 24.3 Å². The molecule has 1 aromatic rings. The smallest absolute Gasteiger partial charge is 0.118 e. The fourth-order valence-corrected chi connectivity index (χ4v) is 2.21. The predicted molar refractivity (Wildman–Crippen MR) is 69.6 cm³/mol. The van der Waals surface area contributed by atoms with E-state index in [0.717, 1.165) is 18.9 Å². The molecule has 0 spiro atoms. The highest BCUT2D eigenvalue weighted by Crippen LogP contribution is 2.19. The molecule has 0 unspecified atom stereocenters. The molecule has 1 aliphatic heterocycles. The van der Waals surface area contributed by atoms with E-state index < -0.39 is 0 Å². The van der Waals surface area contributed by atoms with E-state index in [1.807, 2.05) is 12.1 Å². The molecule has 0 aliphatic carbocycles. The second-order valence-corrected chi connectivity index (χ2v) is 4.60. The van der Waals surface area contributed by atoms with Crippen LogP contribution in [0.25, 0.3) is 0 Å². The van der Waals surface area contributed by atoms with Crippen molar-refractivity contribution < 1.29 is 14.2 Å². The van der Waals surface area contributed by atoms with Gasteiger partial charge in [-0.05, 0) is 24.6 Å². The third-order valence-corrected chi connectivity index (χ3v) is 3.47. The normalized spacial score (nSPS) is 22.1. The number of hydrogen-bond acceptors (Lipinski definition) is 4. The summed E-state index contributed by atoms with van der Waals surface area (Å²) in [7, 11) is 3.42. The van der Waals surface area contributed by atoms with E-state index in [9.17, 15) is 0 Å². The molecule has 0 aromatic heterocycles. The Kier molecular flexibility index (Phi) is 4.58. The van der Waals surface area contributed by atoms with E-state index >= 15 is 0 Å². The Labute approximate surface area is 108 Å². The number of rotatable bonds is 5. The van der Waals surface area contributed by atoms with Gasteiger partial charge in [-0.1, -0.05) is 12.1 Å². The second-order valence-electron chi connectivity index (χ2n) is 4.60. The maximum absolute atomic E-state index is 5.53. The summed E-state index contributed by atoms with van der Waals surface area (Å²) in [6.07, 6.45) is 0.186. The van der Waals surface area contributed by atoms with E-state index in [1.54, 1.807) is 14.2 Å². The van der Waals surface area contributed by atoms with Crippen LogP contribution in [-0.4, -0.2) is 44.6 Å². The van der Waals surface area contributed by atoms with Gasteiger partial charge in [0.1, 0.15) is 5.75 Å². The molecular formula is C14H21NO3. The molecule has 1 heterocycles. The largest absolute Gasteiger partial charge is 0.497 e. The van der Waals surface area contributed by atoms with Crippen molar-refractivity contribution in [3.8, 4) is 5.75 Å². The van der Waals surface area contributed by atoms with Crippen LogP contribution in [0.3, 0.4) is 0 Å². The lowest BCUT2D eigenvalue weighted by Crippen LogP contribution is -2.39. The first-order valence-electron chi connectivity index (χ1n) is 6.22. The molecule has 0 N–H and O–H groups in total. The van der Waals surface area contributed by atoms with Gasteiger partial charge in [0.05, 0.1) is 32.6 Å². The molecule has 2 rings (SSSR count). The number of ether oxygens (including phenoxy) is 3. The van der Waals surface area contributed by atoms with Crippen LogP contribution >= 0.6 is 0 Å². The first kappa shape index (κ1) is 13.3. The van der Waals surface area contributed by atoms with E-state index in [0.29, 0.717) is 12.8 Å². The van der Waals surface area contributed by atoms with Crippen molar-refractivity contribution in [1.29, 1.82) is 0 Å². The van der Waals surface area contributed by atoms with Crippen LogP contribution in [0, 0.1) is 0 Å². The maximum atomic E-state index is 5.53. The average molecular weight is 251 g/mol. The van der Waals surface area contributed by atoms with Gasteiger partial charge < -0.3 is 14.2 Å². The number of methoxy groups -OCH3 is 2. The van der Waals surface area contributed by atoms with Gasteiger partial charge in [-0.3, -0.25) is 4.90 Å². The van der Waals surface area contributed by atoms with Crippen LogP contribution in [-0.2, 0) is 16.0 Å². The van der Waals surface area contributed by atoms with Crippen molar-refractivity contribution in [2.24, 2.45) is 0 Å². The highest BCUT2D eigenvalue weighted by molar-refractivity contribution is 5.27. The summed E-state index contributed by atoms with van der Waals surface area (Å²) in [5.41, 5.74) is 1.26. The Morgan fingerprint density at radius 2 is 2.06 bits per heavy atom. The van der Waals surface area contributed by atoms with Gasteiger partial charge >= 0.3 is 0 Å². The summed E-state index contributed by atoms with van der Waals surface area (Å²) < 4.78 is 16.1. The van der Waals surface area contributed by atoms with Gasteiger partial charge in [0.25, 0.3) is 0 Å². The summed E-state index contributed by atoms with van der Waals surface area (Å²) in [4.78, 5) is 2.30. The fourth-order valence-electron chi connectivity index (χ4n) is 2.21. The van der Waals surface area contributed by atoms with E-state index in [1.165, 1.54) is 5.56 Å². The van der Waals surface area contributed by atoms with Gasteiger partial charge in [0.15, 0.2) is 0 Å². The number of nitrogens with zero attached hydrogens (tertiary/aromatic N) is 1. The quantitative estimate of drug-likeness (QED) is 0.799. The van der Waals surface area contributed by atoms with Crippen LogP contribution in [0.1, 0.15) is 12.5 Å². The topological polar surface area (TPSA) is 30.9 Å². The summed E-state index contributed by atoms with van der Waals surface area (Å²) >= 11 is 0. The summed E-state index contributed by atoms with van der Waals surface area (Å²) in [5, 5.41) is 0. The Balaban J connectivity index is 1.99. The van der Waals surface area contributed by atoms with Gasteiger partial charge in [-0.25, -0.2) is 0 Å². The highest BCUT2D eigenvalue weighted by Gasteiger charge is 2.30. The molecule has 1 fully saturated rings. The summed E-state index contributed by atoms with van der Waals surface area (Å²) in [6, 6.07) is 8.48. The standard InChI is InChI=1S/C14H21NO3/c1-11(16-2)14-9-18-10-15(14)8-12-4-6-13(17-3)7-5-12/h4-7,11,14H,8-10H2,1-3H3/t11-,14+/m0/s1. The van der Waals surface area contributed by atoms with Crippen LogP contribution in [0.2, 0.25) is 0 Å². The Hall–Kier alpha value is -1.10. The van der Waals surface area contributed by atoms with Crippen LogP contribution < -0.4 is 4.74 Å². The molecule has 18 heavy (non-hydrogen) atoms. The SMILES string of the molecule is COc1ccc(CN2COC[C@@H]2[C@H](C)OC)cc1. The van der Waals surface area contributed by atoms with Crippen molar-refractivity contribution in [2.45, 2.75) is 25.6 Å². The first-order valence-corrected chi connectivity index (χ1v) is 6.22. The average Bonchev–Trinajstić information content (AvgIpc) is 2.87. The first-order chi connectivity index (χ1) is 8.74. The fraction of sp³-hybridized carbons (Fsp3) is 0.571. The lowest BCUT2D eigenvalue weighted by atomic mass is 10.1. The molecule has 1 saturated heterocycles. The van der Waals surface area contributed by atoms with Crippen molar-refractivity contribution in [3.63, 3.8) is 0 Å². The minimum Gasteiger partial charge on any atom is -0.497 e. The zero-order chi connectivity index (χ0) is 13.0. The van der Waals surface area contributed by atoms with Crippen LogP contribution in [0.5, 0.6) is 5.75 Å². The monoisotopic (exact) mass is 251 g/mol. The molecular weight excluding hydrogens is 230 g/mol. The second kappa shape index (κ2) is 6.18. The zero-order valence-electron chi connectivity index (χ0n) is 11.3. The predicted octanol–water partition coefficient (Wildman–Crippen LogP) is 1.89. The van der Waals surface area contributed by atoms with E-state index in [-0.39, 0.29) is 6.10 Å². The molecule has 1 aliphatic rings. The van der Waals surface area contributed by atoms with Crippen molar-refractivity contribution in [3.05, 3.63) is 29.8 Å². The zero-order valence-corrected chi connectivity index (χ0v) is 11.3. The molecule has 0 saturated carbocycles. The van der Waals surface area contributed by atoms with Crippen LogP contribution in [0.4, 0.5) is 0 Å². The highest BCUT2D eigenvalue weighted by atomic mass is 16.5. The van der Waals surface area contributed by atoms with E-state index in [4.69, 9.17) is 14.2 Å². The molecule has 4 heteroatoms. The Morgan fingerprint density at radius 3 is 2.67 bits per heavy atom. The molecule has 1 aromatic carbocycles. The summed E-state index contributed by atoms with van der Waals surface area (Å²) in [6.45, 7) is 4.37. The molecule has 0 amide bonds. The van der Waals surface area contributed by atoms with Gasteiger partial charge in [-0.2, -0.15) is 0 Å². The molecule has 0 radical (unpaired) electrons. The minimum atomic E-state index is 0.186. The van der Waals surface area contributed by atoms with Gasteiger partial charge in [0.2, 0.25) is 0 Å². The van der Waals surface area contributed by atoms with Crippen molar-refractivity contribution >= 4 is 0 Å². The lowest BCUT2D eigenvalue weighted by Gasteiger charge is -2.26. The number of hydrogen-bond donors (Lipinski definition) is 0. The molecule has 0 bridgehead atoms. The third kappa shape index (κ3) is 3.02. The molecule has 100 valence electrons. The maximum Gasteiger partial charge on any atom is 0.118 e. The minimum absolute atomic E-state index is 0.186. The summed E-state index contributed by atoms with van der Waals surface area (Å²) in [5.74, 6) is 0.887. The van der Waals surface area contributed by atoms with Crippen molar-refractivity contribution in [1.82, 2.24) is 4.90 Å². The van der Waals surface area contributed by atoms with Gasteiger partial charge in [-0.15, -0.1) is 0 Å². The van der Waals surface area contributed by atoms with Gasteiger partial charge in [0, 0.05) is 13.7 Å². The Bertz CT molecular complexity index is 366. The third-order valence-electron chi connectivity index (χ3n) is 3.47. The molecule has 4 nitrogen and oxygen atoms in total.